The van der Waals surface area contributed by atoms with Crippen molar-refractivity contribution in [3.05, 3.63) is 0 Å². The Morgan fingerprint density at radius 3 is 2.12 bits per heavy atom. The molecule has 0 amide bonds. The van der Waals surface area contributed by atoms with Gasteiger partial charge in [-0.05, 0) is 12.8 Å². The number of likely N-dealkylation sites (tertiary alicyclic amines) is 1. The van der Waals surface area contributed by atoms with E-state index in [2.05, 4.69) is 15.9 Å². The molecule has 0 bridgehead atoms. The van der Waals surface area contributed by atoms with Crippen LogP contribution in [-0.4, -0.2) is 67.8 Å². The average Bonchev–Trinajstić information content (AvgIpc) is 2.39. The third-order valence-electron chi connectivity index (χ3n) is 3.81. The summed E-state index contributed by atoms with van der Waals surface area (Å²) in [5.41, 5.74) is 5.37. The van der Waals surface area contributed by atoms with Gasteiger partial charge in [-0.1, -0.05) is 0 Å². The zero-order valence-corrected chi connectivity index (χ0v) is 10.4. The number of hydrogen-bond acceptors (Lipinski definition) is 5. The summed E-state index contributed by atoms with van der Waals surface area (Å²) >= 11 is 0. The van der Waals surface area contributed by atoms with E-state index in [0.29, 0.717) is 0 Å². The Labute approximate surface area is 103 Å². The van der Waals surface area contributed by atoms with Crippen LogP contribution in [0.2, 0.25) is 0 Å². The van der Waals surface area contributed by atoms with Crippen molar-refractivity contribution >= 4 is 0 Å². The highest BCUT2D eigenvalue weighted by atomic mass is 16.5. The zero-order chi connectivity index (χ0) is 12.1. The van der Waals surface area contributed by atoms with Crippen molar-refractivity contribution in [2.24, 2.45) is 5.73 Å². The summed E-state index contributed by atoms with van der Waals surface area (Å²) in [4.78, 5) is 4.86. The lowest BCUT2D eigenvalue weighted by atomic mass is 9.90. The van der Waals surface area contributed by atoms with Crippen molar-refractivity contribution in [2.75, 3.05) is 52.5 Å². The molecule has 0 aliphatic carbocycles. The molecular formula is C12H22N4O. The standard InChI is InChI=1S/C12H22N4O/c13-11-12(14)1-3-15(4-2-12)5-6-16-7-9-17-10-8-16/h1-10,14H2. The number of morpholine rings is 1. The lowest BCUT2D eigenvalue weighted by Gasteiger charge is -2.36. The van der Waals surface area contributed by atoms with Crippen LogP contribution in [0.25, 0.3) is 0 Å². The van der Waals surface area contributed by atoms with Gasteiger partial charge in [-0.3, -0.25) is 4.90 Å². The van der Waals surface area contributed by atoms with E-state index < -0.39 is 5.54 Å². The first-order valence-corrected chi connectivity index (χ1v) is 6.44. The average molecular weight is 238 g/mol. The van der Waals surface area contributed by atoms with Crippen molar-refractivity contribution in [2.45, 2.75) is 18.4 Å². The maximum atomic E-state index is 8.95. The van der Waals surface area contributed by atoms with E-state index in [4.69, 9.17) is 15.7 Å². The SMILES string of the molecule is N#CC1(N)CCN(CCN2CCOCC2)CC1. The minimum atomic E-state index is -0.574. The number of rotatable bonds is 3. The highest BCUT2D eigenvalue weighted by Crippen LogP contribution is 2.18. The second-order valence-electron chi connectivity index (χ2n) is 5.06. The highest BCUT2D eigenvalue weighted by molar-refractivity contribution is 5.07. The van der Waals surface area contributed by atoms with E-state index in [0.717, 1.165) is 65.3 Å². The smallest absolute Gasteiger partial charge is 0.106 e. The van der Waals surface area contributed by atoms with Gasteiger partial charge in [0, 0.05) is 39.3 Å². The van der Waals surface area contributed by atoms with Gasteiger partial charge in [0.05, 0.1) is 19.3 Å². The summed E-state index contributed by atoms with van der Waals surface area (Å²) in [6.07, 6.45) is 1.60. The molecule has 2 heterocycles. The molecule has 0 saturated carbocycles. The summed E-state index contributed by atoms with van der Waals surface area (Å²) in [6.45, 7) is 7.91. The van der Waals surface area contributed by atoms with Crippen LogP contribution in [0.5, 0.6) is 0 Å². The second kappa shape index (κ2) is 5.78. The van der Waals surface area contributed by atoms with E-state index in [-0.39, 0.29) is 0 Å². The molecule has 0 spiro atoms. The lowest BCUT2D eigenvalue weighted by Crippen LogP contribution is -2.51. The van der Waals surface area contributed by atoms with Crippen LogP contribution in [0.4, 0.5) is 0 Å². The molecule has 2 aliphatic heterocycles. The highest BCUT2D eigenvalue weighted by Gasteiger charge is 2.30. The van der Waals surface area contributed by atoms with Gasteiger partial charge in [-0.2, -0.15) is 5.26 Å². The Balaban J connectivity index is 1.66. The molecule has 0 aromatic heterocycles. The van der Waals surface area contributed by atoms with Crippen molar-refractivity contribution in [3.8, 4) is 6.07 Å². The molecule has 5 heteroatoms. The van der Waals surface area contributed by atoms with Crippen molar-refractivity contribution in [1.82, 2.24) is 9.80 Å². The summed E-state index contributed by atoms with van der Waals surface area (Å²) in [5.74, 6) is 0. The molecule has 17 heavy (non-hydrogen) atoms. The topological polar surface area (TPSA) is 65.5 Å². The zero-order valence-electron chi connectivity index (χ0n) is 10.4. The molecule has 2 aliphatic rings. The number of nitrogens with zero attached hydrogens (tertiary/aromatic N) is 3. The van der Waals surface area contributed by atoms with Crippen LogP contribution in [-0.2, 0) is 4.74 Å². The summed E-state index contributed by atoms with van der Waals surface area (Å²) < 4.78 is 5.33. The quantitative estimate of drug-likeness (QED) is 0.727. The van der Waals surface area contributed by atoms with Crippen LogP contribution in [0.3, 0.4) is 0 Å². The Morgan fingerprint density at radius 2 is 1.59 bits per heavy atom. The Kier molecular flexibility index (Phi) is 4.35. The fourth-order valence-electron chi connectivity index (χ4n) is 2.40. The predicted octanol–water partition coefficient (Wildman–Crippen LogP) is -0.365. The maximum Gasteiger partial charge on any atom is 0.106 e. The largest absolute Gasteiger partial charge is 0.379 e. The van der Waals surface area contributed by atoms with Crippen LogP contribution >= 0.6 is 0 Å². The Morgan fingerprint density at radius 1 is 1.06 bits per heavy atom. The molecule has 2 rings (SSSR count). The molecule has 2 saturated heterocycles. The van der Waals surface area contributed by atoms with Crippen LogP contribution < -0.4 is 5.73 Å². The van der Waals surface area contributed by atoms with Gasteiger partial charge in [-0.15, -0.1) is 0 Å². The van der Waals surface area contributed by atoms with Gasteiger partial charge in [0.25, 0.3) is 0 Å². The first-order chi connectivity index (χ1) is 8.22. The normalized spacial score (nSPS) is 26.6. The minimum absolute atomic E-state index is 0.574. The molecule has 0 unspecified atom stereocenters. The number of nitrogens with two attached hydrogens (primary N) is 1. The molecule has 2 fully saturated rings. The van der Waals surface area contributed by atoms with E-state index in [1.165, 1.54) is 0 Å². The molecule has 0 aromatic rings. The lowest BCUT2D eigenvalue weighted by molar-refractivity contribution is 0.0316. The van der Waals surface area contributed by atoms with Gasteiger partial charge in [0.2, 0.25) is 0 Å². The fraction of sp³-hybridized carbons (Fsp3) is 0.917. The summed E-state index contributed by atoms with van der Waals surface area (Å²) in [5, 5.41) is 8.95. The number of hydrogen-bond donors (Lipinski definition) is 1. The molecule has 2 N–H and O–H groups in total. The number of ether oxygens (including phenoxy) is 1. The Hall–Kier alpha value is -0.670. The van der Waals surface area contributed by atoms with Crippen LogP contribution in [0.1, 0.15) is 12.8 Å². The van der Waals surface area contributed by atoms with E-state index in [1.807, 2.05) is 0 Å². The van der Waals surface area contributed by atoms with Crippen molar-refractivity contribution in [3.63, 3.8) is 0 Å². The van der Waals surface area contributed by atoms with Crippen LogP contribution in [0, 0.1) is 11.3 Å². The maximum absolute atomic E-state index is 8.95. The summed E-state index contributed by atoms with van der Waals surface area (Å²) in [7, 11) is 0. The van der Waals surface area contributed by atoms with Gasteiger partial charge in [-0.25, -0.2) is 0 Å². The second-order valence-corrected chi connectivity index (χ2v) is 5.06. The van der Waals surface area contributed by atoms with E-state index >= 15 is 0 Å². The molecule has 0 radical (unpaired) electrons. The molecule has 0 atom stereocenters. The minimum Gasteiger partial charge on any atom is -0.379 e. The summed E-state index contributed by atoms with van der Waals surface area (Å²) in [6, 6.07) is 2.23. The third-order valence-corrected chi connectivity index (χ3v) is 3.81. The monoisotopic (exact) mass is 238 g/mol. The van der Waals surface area contributed by atoms with E-state index in [9.17, 15) is 0 Å². The van der Waals surface area contributed by atoms with Gasteiger partial charge in [0.15, 0.2) is 0 Å². The van der Waals surface area contributed by atoms with Crippen molar-refractivity contribution < 1.29 is 4.74 Å². The first-order valence-electron chi connectivity index (χ1n) is 6.44. The Bertz CT molecular complexity index is 275. The van der Waals surface area contributed by atoms with Gasteiger partial charge in [0.1, 0.15) is 5.54 Å². The molecular weight excluding hydrogens is 216 g/mol. The van der Waals surface area contributed by atoms with Gasteiger partial charge < -0.3 is 15.4 Å². The molecule has 0 aromatic carbocycles. The number of nitriles is 1. The van der Waals surface area contributed by atoms with Gasteiger partial charge >= 0.3 is 0 Å². The third kappa shape index (κ3) is 3.65. The van der Waals surface area contributed by atoms with Crippen molar-refractivity contribution in [1.29, 1.82) is 5.26 Å². The van der Waals surface area contributed by atoms with E-state index in [1.54, 1.807) is 0 Å². The molecule has 5 nitrogen and oxygen atoms in total. The first kappa shape index (κ1) is 12.8. The molecule has 96 valence electrons. The predicted molar refractivity (Wildman–Crippen MR) is 65.5 cm³/mol. The number of piperidine rings is 1. The fourth-order valence-corrected chi connectivity index (χ4v) is 2.40. The van der Waals surface area contributed by atoms with Crippen LogP contribution in [0.15, 0.2) is 0 Å².